The summed E-state index contributed by atoms with van der Waals surface area (Å²) in [6.45, 7) is 0. The van der Waals surface area contributed by atoms with Gasteiger partial charge in [-0.2, -0.15) is 0 Å². The molecule has 2 rings (SSSR count). The predicted octanol–water partition coefficient (Wildman–Crippen LogP) is 3.92. The fourth-order valence-corrected chi connectivity index (χ4v) is 2.43. The molecule has 0 heterocycles. The van der Waals surface area contributed by atoms with Gasteiger partial charge in [-0.05, 0) is 9.65 Å². The van der Waals surface area contributed by atoms with Crippen molar-refractivity contribution in [1.29, 1.82) is 0 Å². The lowest BCUT2D eigenvalue weighted by Gasteiger charge is -2.14. The Hall–Kier alpha value is -1.46. The molecule has 0 aliphatic rings. The maximum atomic E-state index is 12.4. The number of hydrogen-bond acceptors (Lipinski definition) is 2. The molecular weight excluding hydrogens is 351 g/mol. The number of hydrogen-bond donors (Lipinski definition) is 1. The molecule has 0 fully saturated rings. The normalized spacial score (nSPS) is 13.1. The van der Waals surface area contributed by atoms with E-state index >= 15 is 0 Å². The highest BCUT2D eigenvalue weighted by Crippen LogP contribution is 2.25. The number of rotatable bonds is 4. The van der Waals surface area contributed by atoms with Crippen LogP contribution in [0.15, 0.2) is 70.3 Å². The van der Waals surface area contributed by atoms with Gasteiger partial charge in [-0.1, -0.05) is 83.3 Å². The van der Waals surface area contributed by atoms with Crippen LogP contribution in [-0.4, -0.2) is 10.9 Å². The third-order valence-electron chi connectivity index (χ3n) is 2.83. The van der Waals surface area contributed by atoms with E-state index in [1.54, 1.807) is 16.2 Å². The van der Waals surface area contributed by atoms with Gasteiger partial charge in [0, 0.05) is 11.1 Å². The van der Waals surface area contributed by atoms with Gasteiger partial charge in [0.15, 0.2) is 5.78 Å². The molecule has 2 aromatic carbocycles. The first-order valence-corrected chi connectivity index (χ1v) is 7.11. The SMILES string of the molecule is O=C(C(=CI)C(O)c1ccccc1)c1ccccc1. The second-order valence-corrected chi connectivity index (χ2v) is 4.70. The lowest BCUT2D eigenvalue weighted by atomic mass is 9.96. The Morgan fingerprint density at radius 2 is 1.53 bits per heavy atom. The second-order valence-electron chi connectivity index (χ2n) is 4.07. The molecule has 96 valence electrons. The molecule has 0 aliphatic carbocycles. The Labute approximate surface area is 125 Å². The van der Waals surface area contributed by atoms with Crippen molar-refractivity contribution >= 4 is 28.4 Å². The molecule has 0 bridgehead atoms. The first-order chi connectivity index (χ1) is 9.24. The highest BCUT2D eigenvalue weighted by molar-refractivity contribution is 14.1. The summed E-state index contributed by atoms with van der Waals surface area (Å²) in [5, 5.41) is 10.3. The van der Waals surface area contributed by atoms with Gasteiger partial charge in [-0.3, -0.25) is 4.79 Å². The molecular formula is C16H13IO2. The van der Waals surface area contributed by atoms with Gasteiger partial charge in [0.2, 0.25) is 0 Å². The standard InChI is InChI=1S/C16H13IO2/c17-11-14(15(18)12-7-3-1-4-8-12)16(19)13-9-5-2-6-10-13/h1-11,15,18H. The van der Waals surface area contributed by atoms with Crippen LogP contribution in [0.4, 0.5) is 0 Å². The van der Waals surface area contributed by atoms with Crippen molar-refractivity contribution in [1.82, 2.24) is 0 Å². The number of carbonyl (C=O) groups excluding carboxylic acids is 1. The maximum absolute atomic E-state index is 12.4. The number of aliphatic hydroxyl groups excluding tert-OH is 1. The molecule has 3 heteroatoms. The van der Waals surface area contributed by atoms with Gasteiger partial charge >= 0.3 is 0 Å². The van der Waals surface area contributed by atoms with Crippen LogP contribution in [-0.2, 0) is 0 Å². The highest BCUT2D eigenvalue weighted by Gasteiger charge is 2.20. The van der Waals surface area contributed by atoms with Gasteiger partial charge in [-0.15, -0.1) is 0 Å². The molecule has 0 radical (unpaired) electrons. The van der Waals surface area contributed by atoms with Crippen molar-refractivity contribution in [3.63, 3.8) is 0 Å². The molecule has 0 saturated heterocycles. The molecule has 2 nitrogen and oxygen atoms in total. The highest BCUT2D eigenvalue weighted by atomic mass is 127. The quantitative estimate of drug-likeness (QED) is 0.507. The largest absolute Gasteiger partial charge is 0.383 e. The zero-order valence-electron chi connectivity index (χ0n) is 10.2. The summed E-state index contributed by atoms with van der Waals surface area (Å²) in [6.07, 6.45) is -0.897. The number of aliphatic hydroxyl groups is 1. The third kappa shape index (κ3) is 3.30. The van der Waals surface area contributed by atoms with Crippen molar-refractivity contribution in [3.05, 3.63) is 81.4 Å². The Kier molecular flexibility index (Phi) is 4.87. The van der Waals surface area contributed by atoms with Crippen LogP contribution in [0.5, 0.6) is 0 Å². The summed E-state index contributed by atoms with van der Waals surface area (Å²) in [4.78, 5) is 12.4. The van der Waals surface area contributed by atoms with Crippen molar-refractivity contribution in [2.45, 2.75) is 6.10 Å². The number of benzene rings is 2. The van der Waals surface area contributed by atoms with E-state index in [0.717, 1.165) is 5.56 Å². The minimum absolute atomic E-state index is 0.147. The number of halogens is 1. The number of ketones is 1. The minimum atomic E-state index is -0.897. The summed E-state index contributed by atoms with van der Waals surface area (Å²) in [5.74, 6) is -0.147. The van der Waals surface area contributed by atoms with E-state index in [4.69, 9.17) is 0 Å². The molecule has 0 aromatic heterocycles. The van der Waals surface area contributed by atoms with Crippen LogP contribution in [0.2, 0.25) is 0 Å². The molecule has 2 aromatic rings. The van der Waals surface area contributed by atoms with Gasteiger partial charge < -0.3 is 5.11 Å². The smallest absolute Gasteiger partial charge is 0.192 e. The molecule has 1 atom stereocenters. The van der Waals surface area contributed by atoms with E-state index in [0.29, 0.717) is 11.1 Å². The van der Waals surface area contributed by atoms with Crippen LogP contribution in [0.25, 0.3) is 0 Å². The van der Waals surface area contributed by atoms with Gasteiger partial charge in [0.1, 0.15) is 6.10 Å². The average molecular weight is 364 g/mol. The van der Waals surface area contributed by atoms with Crippen LogP contribution < -0.4 is 0 Å². The summed E-state index contributed by atoms with van der Waals surface area (Å²) >= 11 is 1.99. The fourth-order valence-electron chi connectivity index (χ4n) is 1.80. The van der Waals surface area contributed by atoms with Crippen LogP contribution in [0, 0.1) is 0 Å². The first kappa shape index (κ1) is 14.0. The fraction of sp³-hybridized carbons (Fsp3) is 0.0625. The summed E-state index contributed by atoms with van der Waals surface area (Å²) in [5.41, 5.74) is 1.69. The zero-order valence-corrected chi connectivity index (χ0v) is 12.3. The Balaban J connectivity index is 2.29. The van der Waals surface area contributed by atoms with E-state index in [1.165, 1.54) is 0 Å². The van der Waals surface area contributed by atoms with Crippen LogP contribution >= 0.6 is 22.6 Å². The Morgan fingerprint density at radius 1 is 1.00 bits per heavy atom. The lowest BCUT2D eigenvalue weighted by Crippen LogP contribution is -2.11. The third-order valence-corrected chi connectivity index (χ3v) is 3.50. The van der Waals surface area contributed by atoms with Gasteiger partial charge in [0.05, 0.1) is 0 Å². The molecule has 0 saturated carbocycles. The average Bonchev–Trinajstić information content (AvgIpc) is 2.49. The van der Waals surface area contributed by atoms with Crippen LogP contribution in [0.3, 0.4) is 0 Å². The molecule has 19 heavy (non-hydrogen) atoms. The maximum Gasteiger partial charge on any atom is 0.192 e. The van der Waals surface area contributed by atoms with E-state index in [1.807, 2.05) is 71.1 Å². The minimum Gasteiger partial charge on any atom is -0.383 e. The van der Waals surface area contributed by atoms with Crippen LogP contribution in [0.1, 0.15) is 22.0 Å². The van der Waals surface area contributed by atoms with Crippen molar-refractivity contribution < 1.29 is 9.90 Å². The van der Waals surface area contributed by atoms with Gasteiger partial charge in [-0.25, -0.2) is 0 Å². The molecule has 0 aliphatic heterocycles. The lowest BCUT2D eigenvalue weighted by molar-refractivity contribution is 0.0988. The molecule has 1 unspecified atom stereocenters. The van der Waals surface area contributed by atoms with E-state index in [-0.39, 0.29) is 5.78 Å². The Bertz CT molecular complexity index is 576. The molecule has 0 amide bonds. The number of carbonyl (C=O) groups is 1. The molecule has 0 spiro atoms. The summed E-state index contributed by atoms with van der Waals surface area (Å²) in [7, 11) is 0. The van der Waals surface area contributed by atoms with E-state index < -0.39 is 6.10 Å². The summed E-state index contributed by atoms with van der Waals surface area (Å²) < 4.78 is 1.64. The molecule has 1 N–H and O–H groups in total. The predicted molar refractivity (Wildman–Crippen MR) is 84.3 cm³/mol. The monoisotopic (exact) mass is 364 g/mol. The van der Waals surface area contributed by atoms with Crippen molar-refractivity contribution in [3.8, 4) is 0 Å². The van der Waals surface area contributed by atoms with Crippen molar-refractivity contribution in [2.24, 2.45) is 0 Å². The topological polar surface area (TPSA) is 37.3 Å². The van der Waals surface area contributed by atoms with Crippen molar-refractivity contribution in [2.75, 3.05) is 0 Å². The Morgan fingerprint density at radius 3 is 2.05 bits per heavy atom. The van der Waals surface area contributed by atoms with Gasteiger partial charge in [0.25, 0.3) is 0 Å². The zero-order chi connectivity index (χ0) is 13.7. The number of Topliss-reactive ketones (excluding diaryl/α,β-unsaturated/α-hetero) is 1. The van der Waals surface area contributed by atoms with E-state index in [9.17, 15) is 9.90 Å². The second kappa shape index (κ2) is 6.63. The van der Waals surface area contributed by atoms with E-state index in [2.05, 4.69) is 0 Å². The summed E-state index contributed by atoms with van der Waals surface area (Å²) in [6, 6.07) is 18.2. The first-order valence-electron chi connectivity index (χ1n) is 5.87.